The molecule has 1 atom stereocenters. The second-order valence-corrected chi connectivity index (χ2v) is 8.41. The third-order valence-corrected chi connectivity index (χ3v) is 5.09. The first kappa shape index (κ1) is 19.3. The summed E-state index contributed by atoms with van der Waals surface area (Å²) in [6.45, 7) is 9.12. The van der Waals surface area contributed by atoms with Crippen molar-refractivity contribution >= 4 is 21.7 Å². The molecule has 0 bridgehead atoms. The smallest absolute Gasteiger partial charge is 0.136 e. The minimum Gasteiger partial charge on any atom is -0.378 e. The number of halogens is 1. The Morgan fingerprint density at radius 1 is 1.27 bits per heavy atom. The highest BCUT2D eigenvalue weighted by Crippen LogP contribution is 2.31. The molecular formula is C20H26BrN3O2. The molecule has 0 N–H and O–H groups in total. The SMILES string of the molecule is COCc1cc(N2CCOC(c3ccccc3Br)C2)nc(C(C)(C)C)n1. The largest absolute Gasteiger partial charge is 0.378 e. The highest BCUT2D eigenvalue weighted by Gasteiger charge is 2.26. The first-order valence-corrected chi connectivity index (χ1v) is 9.66. The molecule has 3 rings (SSSR count). The highest BCUT2D eigenvalue weighted by molar-refractivity contribution is 9.10. The molecule has 6 heteroatoms. The van der Waals surface area contributed by atoms with Crippen LogP contribution in [0.2, 0.25) is 0 Å². The van der Waals surface area contributed by atoms with Gasteiger partial charge >= 0.3 is 0 Å². The summed E-state index contributed by atoms with van der Waals surface area (Å²) in [7, 11) is 1.69. The lowest BCUT2D eigenvalue weighted by Crippen LogP contribution is -2.39. The number of benzene rings is 1. The van der Waals surface area contributed by atoms with Gasteiger partial charge in [-0.2, -0.15) is 0 Å². The maximum Gasteiger partial charge on any atom is 0.136 e. The van der Waals surface area contributed by atoms with Crippen LogP contribution in [0, 0.1) is 0 Å². The van der Waals surface area contributed by atoms with Gasteiger partial charge in [-0.25, -0.2) is 9.97 Å². The van der Waals surface area contributed by atoms with Crippen LogP contribution in [0.4, 0.5) is 5.82 Å². The zero-order valence-corrected chi connectivity index (χ0v) is 17.4. The van der Waals surface area contributed by atoms with Crippen molar-refractivity contribution in [3.8, 4) is 0 Å². The van der Waals surface area contributed by atoms with Crippen LogP contribution in [0.25, 0.3) is 0 Å². The number of hydrogen-bond acceptors (Lipinski definition) is 5. The lowest BCUT2D eigenvalue weighted by atomic mass is 9.95. The standard InChI is InChI=1S/C20H26BrN3O2/c1-20(2,3)19-22-14(13-25-4)11-18(23-19)24-9-10-26-17(12-24)15-7-5-6-8-16(15)21/h5-8,11,17H,9-10,12-13H2,1-4H3. The minimum absolute atomic E-state index is 0.0123. The van der Waals surface area contributed by atoms with Gasteiger partial charge in [0, 0.05) is 36.2 Å². The van der Waals surface area contributed by atoms with Gasteiger partial charge in [-0.1, -0.05) is 54.9 Å². The maximum absolute atomic E-state index is 6.03. The average molecular weight is 420 g/mol. The number of anilines is 1. The molecule has 0 amide bonds. The second kappa shape index (κ2) is 8.03. The maximum atomic E-state index is 6.03. The topological polar surface area (TPSA) is 47.5 Å². The van der Waals surface area contributed by atoms with E-state index in [1.165, 1.54) is 5.56 Å². The van der Waals surface area contributed by atoms with Crippen LogP contribution in [-0.4, -0.2) is 36.8 Å². The Balaban J connectivity index is 1.90. The summed E-state index contributed by atoms with van der Waals surface area (Å²) in [5.74, 6) is 1.78. The number of nitrogens with zero attached hydrogens (tertiary/aromatic N) is 3. The third kappa shape index (κ3) is 4.42. The van der Waals surface area contributed by atoms with Gasteiger partial charge in [0.2, 0.25) is 0 Å². The lowest BCUT2D eigenvalue weighted by Gasteiger charge is -2.35. The van der Waals surface area contributed by atoms with Crippen molar-refractivity contribution in [1.82, 2.24) is 9.97 Å². The van der Waals surface area contributed by atoms with Gasteiger partial charge in [-0.3, -0.25) is 0 Å². The van der Waals surface area contributed by atoms with E-state index in [1.54, 1.807) is 7.11 Å². The Morgan fingerprint density at radius 3 is 2.73 bits per heavy atom. The van der Waals surface area contributed by atoms with Crippen LogP contribution in [0.5, 0.6) is 0 Å². The van der Waals surface area contributed by atoms with E-state index in [9.17, 15) is 0 Å². The molecule has 0 spiro atoms. The van der Waals surface area contributed by atoms with E-state index in [0.717, 1.165) is 34.9 Å². The molecule has 1 unspecified atom stereocenters. The number of morpholine rings is 1. The van der Waals surface area contributed by atoms with E-state index in [2.05, 4.69) is 58.7 Å². The zero-order valence-electron chi connectivity index (χ0n) is 15.8. The van der Waals surface area contributed by atoms with Crippen molar-refractivity contribution in [2.75, 3.05) is 31.7 Å². The van der Waals surface area contributed by atoms with E-state index >= 15 is 0 Å². The van der Waals surface area contributed by atoms with Crippen molar-refractivity contribution in [3.05, 3.63) is 51.9 Å². The van der Waals surface area contributed by atoms with Crippen LogP contribution in [-0.2, 0) is 21.5 Å². The highest BCUT2D eigenvalue weighted by atomic mass is 79.9. The van der Waals surface area contributed by atoms with E-state index in [1.807, 2.05) is 18.2 Å². The fourth-order valence-electron chi connectivity index (χ4n) is 2.98. The van der Waals surface area contributed by atoms with Crippen LogP contribution < -0.4 is 4.90 Å². The summed E-state index contributed by atoms with van der Waals surface area (Å²) in [6, 6.07) is 10.2. The minimum atomic E-state index is -0.118. The van der Waals surface area contributed by atoms with Gasteiger partial charge in [-0.15, -0.1) is 0 Å². The normalized spacial score (nSPS) is 18.2. The summed E-state index contributed by atoms with van der Waals surface area (Å²) in [4.78, 5) is 11.8. The van der Waals surface area contributed by atoms with Crippen LogP contribution in [0.3, 0.4) is 0 Å². The number of rotatable bonds is 4. The van der Waals surface area contributed by atoms with Gasteiger partial charge in [0.15, 0.2) is 0 Å². The summed E-state index contributed by atoms with van der Waals surface area (Å²) in [5, 5.41) is 0. The Morgan fingerprint density at radius 2 is 2.04 bits per heavy atom. The summed E-state index contributed by atoms with van der Waals surface area (Å²) in [5.41, 5.74) is 1.96. The molecular weight excluding hydrogens is 394 g/mol. The Bertz CT molecular complexity index is 761. The lowest BCUT2D eigenvalue weighted by molar-refractivity contribution is 0.0390. The molecule has 5 nitrogen and oxygen atoms in total. The molecule has 1 aliphatic heterocycles. The van der Waals surface area contributed by atoms with Crippen molar-refractivity contribution in [3.63, 3.8) is 0 Å². The first-order chi connectivity index (χ1) is 12.4. The molecule has 0 saturated carbocycles. The predicted molar refractivity (Wildman–Crippen MR) is 106 cm³/mol. The molecule has 1 aromatic heterocycles. The summed E-state index contributed by atoms with van der Waals surface area (Å²) < 4.78 is 12.4. The van der Waals surface area contributed by atoms with Crippen LogP contribution in [0.15, 0.2) is 34.8 Å². The Kier molecular flexibility index (Phi) is 5.95. The monoisotopic (exact) mass is 419 g/mol. The molecule has 1 saturated heterocycles. The van der Waals surface area contributed by atoms with Gasteiger partial charge in [0.05, 0.1) is 18.9 Å². The van der Waals surface area contributed by atoms with E-state index in [-0.39, 0.29) is 11.5 Å². The van der Waals surface area contributed by atoms with Crippen molar-refractivity contribution in [2.24, 2.45) is 0 Å². The third-order valence-electron chi connectivity index (χ3n) is 4.37. The first-order valence-electron chi connectivity index (χ1n) is 8.87. The van der Waals surface area contributed by atoms with E-state index < -0.39 is 0 Å². The molecule has 1 aliphatic rings. The molecule has 2 heterocycles. The molecule has 1 fully saturated rings. The number of methoxy groups -OCH3 is 1. The molecule has 1 aromatic carbocycles. The zero-order chi connectivity index (χ0) is 18.7. The number of aromatic nitrogens is 2. The fourth-order valence-corrected chi connectivity index (χ4v) is 3.52. The van der Waals surface area contributed by atoms with Crippen molar-refractivity contribution < 1.29 is 9.47 Å². The van der Waals surface area contributed by atoms with E-state index in [4.69, 9.17) is 14.5 Å². The Hall–Kier alpha value is -1.50. The van der Waals surface area contributed by atoms with Gasteiger partial charge in [0.25, 0.3) is 0 Å². The van der Waals surface area contributed by atoms with Crippen molar-refractivity contribution in [1.29, 1.82) is 0 Å². The average Bonchev–Trinajstić information content (AvgIpc) is 2.61. The number of hydrogen-bond donors (Lipinski definition) is 0. The molecule has 26 heavy (non-hydrogen) atoms. The predicted octanol–water partition coefficient (Wildman–Crippen LogP) is 4.26. The number of ether oxygens (including phenoxy) is 2. The van der Waals surface area contributed by atoms with Gasteiger partial charge in [-0.05, 0) is 11.6 Å². The molecule has 0 radical (unpaired) electrons. The molecule has 0 aliphatic carbocycles. The van der Waals surface area contributed by atoms with Gasteiger partial charge < -0.3 is 14.4 Å². The molecule has 2 aromatic rings. The van der Waals surface area contributed by atoms with Crippen molar-refractivity contribution in [2.45, 2.75) is 38.9 Å². The van der Waals surface area contributed by atoms with Gasteiger partial charge in [0.1, 0.15) is 17.7 Å². The van der Waals surface area contributed by atoms with Crippen LogP contribution >= 0.6 is 15.9 Å². The molecule has 140 valence electrons. The van der Waals surface area contributed by atoms with Crippen LogP contribution in [0.1, 0.15) is 44.0 Å². The quantitative estimate of drug-likeness (QED) is 0.740. The second-order valence-electron chi connectivity index (χ2n) is 7.55. The Labute approximate surface area is 163 Å². The summed E-state index contributed by atoms with van der Waals surface area (Å²) >= 11 is 3.64. The fraction of sp³-hybridized carbons (Fsp3) is 0.500. The summed E-state index contributed by atoms with van der Waals surface area (Å²) in [6.07, 6.45) is 0.0123. The van der Waals surface area contributed by atoms with E-state index in [0.29, 0.717) is 13.2 Å².